The summed E-state index contributed by atoms with van der Waals surface area (Å²) >= 11 is 3.24. The molecule has 0 unspecified atom stereocenters. The SMILES string of the molecule is COC(=O)C1=C(C(=O)OC)N(c2cc(Br)ccc2F)COC1. The predicted molar refractivity (Wildman–Crippen MR) is 78.5 cm³/mol. The van der Waals surface area contributed by atoms with Gasteiger partial charge in [0.1, 0.15) is 18.2 Å². The van der Waals surface area contributed by atoms with Gasteiger partial charge in [-0.25, -0.2) is 14.0 Å². The number of hydrogen-bond donors (Lipinski definition) is 0. The van der Waals surface area contributed by atoms with Crippen molar-refractivity contribution in [3.8, 4) is 0 Å². The van der Waals surface area contributed by atoms with E-state index in [-0.39, 0.29) is 30.3 Å². The monoisotopic (exact) mass is 373 g/mol. The largest absolute Gasteiger partial charge is 0.466 e. The van der Waals surface area contributed by atoms with E-state index < -0.39 is 17.8 Å². The smallest absolute Gasteiger partial charge is 0.355 e. The van der Waals surface area contributed by atoms with Crippen LogP contribution in [0.25, 0.3) is 0 Å². The molecule has 0 saturated heterocycles. The van der Waals surface area contributed by atoms with Crippen molar-refractivity contribution in [3.63, 3.8) is 0 Å². The summed E-state index contributed by atoms with van der Waals surface area (Å²) in [5.74, 6) is -2.08. The van der Waals surface area contributed by atoms with Crippen molar-refractivity contribution >= 4 is 33.6 Å². The molecule has 0 aliphatic carbocycles. The van der Waals surface area contributed by atoms with Crippen LogP contribution < -0.4 is 4.90 Å². The van der Waals surface area contributed by atoms with Gasteiger partial charge in [-0.05, 0) is 18.2 Å². The maximum absolute atomic E-state index is 14.1. The van der Waals surface area contributed by atoms with Gasteiger partial charge in [0.15, 0.2) is 0 Å². The maximum Gasteiger partial charge on any atom is 0.355 e. The minimum Gasteiger partial charge on any atom is -0.466 e. The number of nitrogens with zero attached hydrogens (tertiary/aromatic N) is 1. The quantitative estimate of drug-likeness (QED) is 0.754. The molecule has 0 N–H and O–H groups in total. The Kier molecular flexibility index (Phi) is 5.15. The van der Waals surface area contributed by atoms with E-state index in [1.165, 1.54) is 37.3 Å². The molecular formula is C14H13BrFNO5. The van der Waals surface area contributed by atoms with Crippen LogP contribution >= 0.6 is 15.9 Å². The zero-order valence-electron chi connectivity index (χ0n) is 11.9. The normalized spacial score (nSPS) is 14.8. The van der Waals surface area contributed by atoms with E-state index in [1.54, 1.807) is 0 Å². The molecule has 1 heterocycles. The summed E-state index contributed by atoms with van der Waals surface area (Å²) in [7, 11) is 2.36. The van der Waals surface area contributed by atoms with E-state index in [0.29, 0.717) is 4.47 Å². The van der Waals surface area contributed by atoms with E-state index in [9.17, 15) is 14.0 Å². The summed E-state index contributed by atoms with van der Waals surface area (Å²) in [6, 6.07) is 4.23. The van der Waals surface area contributed by atoms with Crippen LogP contribution in [-0.4, -0.2) is 39.5 Å². The third-order valence-corrected chi connectivity index (χ3v) is 3.53. The summed E-state index contributed by atoms with van der Waals surface area (Å²) in [4.78, 5) is 25.1. The fourth-order valence-corrected chi connectivity index (χ4v) is 2.38. The number of esters is 2. The first-order chi connectivity index (χ1) is 10.5. The molecule has 0 amide bonds. The first-order valence-corrected chi connectivity index (χ1v) is 6.99. The lowest BCUT2D eigenvalue weighted by Gasteiger charge is -2.31. The van der Waals surface area contributed by atoms with Crippen molar-refractivity contribution < 1.29 is 28.2 Å². The Morgan fingerprint density at radius 2 is 1.95 bits per heavy atom. The summed E-state index contributed by atoms with van der Waals surface area (Å²) in [6.07, 6.45) is 0. The molecule has 1 aromatic rings. The number of carbonyl (C=O) groups excluding carboxylic acids is 2. The number of methoxy groups -OCH3 is 2. The highest BCUT2D eigenvalue weighted by atomic mass is 79.9. The molecule has 0 bridgehead atoms. The number of anilines is 1. The lowest BCUT2D eigenvalue weighted by Crippen LogP contribution is -2.39. The minimum absolute atomic E-state index is 0.0278. The second-order valence-corrected chi connectivity index (χ2v) is 5.23. The first-order valence-electron chi connectivity index (χ1n) is 6.19. The third-order valence-electron chi connectivity index (χ3n) is 3.03. The molecule has 1 aromatic carbocycles. The lowest BCUT2D eigenvalue weighted by molar-refractivity contribution is -0.140. The van der Waals surface area contributed by atoms with Crippen LogP contribution in [0.2, 0.25) is 0 Å². The van der Waals surface area contributed by atoms with Crippen LogP contribution in [0.4, 0.5) is 10.1 Å². The Morgan fingerprint density at radius 1 is 1.27 bits per heavy atom. The van der Waals surface area contributed by atoms with E-state index in [2.05, 4.69) is 20.7 Å². The molecule has 0 spiro atoms. The number of ether oxygens (including phenoxy) is 3. The van der Waals surface area contributed by atoms with Crippen molar-refractivity contribution in [1.29, 1.82) is 0 Å². The summed E-state index contributed by atoms with van der Waals surface area (Å²) in [5, 5.41) is 0. The Balaban J connectivity index is 2.60. The van der Waals surface area contributed by atoms with Gasteiger partial charge in [0.05, 0.1) is 32.1 Å². The zero-order chi connectivity index (χ0) is 16.3. The van der Waals surface area contributed by atoms with Crippen LogP contribution in [0.3, 0.4) is 0 Å². The number of carbonyl (C=O) groups is 2. The molecule has 0 aromatic heterocycles. The molecular weight excluding hydrogens is 361 g/mol. The highest BCUT2D eigenvalue weighted by molar-refractivity contribution is 9.10. The predicted octanol–water partition coefficient (Wildman–Crippen LogP) is 1.98. The van der Waals surface area contributed by atoms with Crippen LogP contribution in [0.1, 0.15) is 0 Å². The van der Waals surface area contributed by atoms with E-state index in [1.807, 2.05) is 0 Å². The molecule has 0 fully saturated rings. The Labute approximate surface area is 134 Å². The van der Waals surface area contributed by atoms with Gasteiger partial charge in [-0.15, -0.1) is 0 Å². The van der Waals surface area contributed by atoms with Crippen molar-refractivity contribution in [2.75, 3.05) is 32.5 Å². The fourth-order valence-electron chi connectivity index (χ4n) is 2.03. The zero-order valence-corrected chi connectivity index (χ0v) is 13.5. The van der Waals surface area contributed by atoms with Crippen LogP contribution in [0.5, 0.6) is 0 Å². The van der Waals surface area contributed by atoms with Gasteiger partial charge in [-0.2, -0.15) is 0 Å². The summed E-state index contributed by atoms with van der Waals surface area (Å²) in [5.41, 5.74) is -0.0477. The molecule has 6 nitrogen and oxygen atoms in total. The van der Waals surface area contributed by atoms with Crippen molar-refractivity contribution in [3.05, 3.63) is 39.8 Å². The molecule has 0 saturated carbocycles. The molecule has 8 heteroatoms. The maximum atomic E-state index is 14.1. The Hall–Kier alpha value is -1.93. The molecule has 0 atom stereocenters. The lowest BCUT2D eigenvalue weighted by atomic mass is 10.1. The summed E-state index contributed by atoms with van der Waals surface area (Å²) in [6.45, 7) is -0.221. The standard InChI is InChI=1S/C14H13BrFNO5/c1-20-13(18)9-6-22-7-17(12(9)14(19)21-2)11-5-8(15)3-4-10(11)16/h3-5H,6-7H2,1-2H3. The molecule has 2 rings (SSSR count). The molecule has 22 heavy (non-hydrogen) atoms. The van der Waals surface area contributed by atoms with Crippen LogP contribution in [0.15, 0.2) is 33.9 Å². The van der Waals surface area contributed by atoms with Gasteiger partial charge >= 0.3 is 11.9 Å². The van der Waals surface area contributed by atoms with Crippen LogP contribution in [0, 0.1) is 5.82 Å². The molecule has 0 radical (unpaired) electrons. The average Bonchev–Trinajstić information content (AvgIpc) is 2.54. The minimum atomic E-state index is -0.775. The van der Waals surface area contributed by atoms with Crippen molar-refractivity contribution in [1.82, 2.24) is 0 Å². The molecule has 1 aliphatic heterocycles. The van der Waals surface area contributed by atoms with E-state index >= 15 is 0 Å². The van der Waals surface area contributed by atoms with Gasteiger partial charge < -0.3 is 19.1 Å². The molecule has 118 valence electrons. The number of halogens is 2. The van der Waals surface area contributed by atoms with Crippen molar-refractivity contribution in [2.45, 2.75) is 0 Å². The number of hydrogen-bond acceptors (Lipinski definition) is 6. The van der Waals surface area contributed by atoms with E-state index in [0.717, 1.165) is 0 Å². The van der Waals surface area contributed by atoms with Gasteiger partial charge in [0, 0.05) is 4.47 Å². The second kappa shape index (κ2) is 6.89. The van der Waals surface area contributed by atoms with Gasteiger partial charge in [-0.1, -0.05) is 15.9 Å². The molecule has 1 aliphatic rings. The highest BCUT2D eigenvalue weighted by Crippen LogP contribution is 2.30. The Morgan fingerprint density at radius 3 is 2.59 bits per heavy atom. The third kappa shape index (κ3) is 3.12. The Bertz CT molecular complexity index is 646. The van der Waals surface area contributed by atoms with E-state index in [4.69, 9.17) is 9.47 Å². The van der Waals surface area contributed by atoms with Crippen LogP contribution in [-0.2, 0) is 23.8 Å². The van der Waals surface area contributed by atoms with Gasteiger partial charge in [0.25, 0.3) is 0 Å². The highest BCUT2D eigenvalue weighted by Gasteiger charge is 2.33. The fraction of sp³-hybridized carbons (Fsp3) is 0.286. The number of benzene rings is 1. The van der Waals surface area contributed by atoms with Crippen molar-refractivity contribution in [2.24, 2.45) is 0 Å². The van der Waals surface area contributed by atoms with Gasteiger partial charge in [0.2, 0.25) is 0 Å². The first kappa shape index (κ1) is 16.4. The second-order valence-electron chi connectivity index (χ2n) is 4.31. The topological polar surface area (TPSA) is 65.1 Å². The van der Waals surface area contributed by atoms with Gasteiger partial charge in [-0.3, -0.25) is 0 Å². The number of rotatable bonds is 3. The average molecular weight is 374 g/mol. The summed E-state index contributed by atoms with van der Waals surface area (Å²) < 4.78 is 29.3.